The molecule has 1 atom stereocenters. The molecule has 9 heteroatoms. The largest absolute Gasteiger partial charge is 0.497 e. The lowest BCUT2D eigenvalue weighted by Crippen LogP contribution is -2.56. The maximum absolute atomic E-state index is 13.2. The monoisotopic (exact) mass is 494 g/mol. The van der Waals surface area contributed by atoms with Crippen LogP contribution in [0.2, 0.25) is 0 Å². The van der Waals surface area contributed by atoms with Gasteiger partial charge in [0.25, 0.3) is 0 Å². The Labute approximate surface area is 209 Å². The first-order valence-electron chi connectivity index (χ1n) is 12.1. The van der Waals surface area contributed by atoms with Crippen molar-refractivity contribution in [3.8, 4) is 5.75 Å². The van der Waals surface area contributed by atoms with E-state index in [0.717, 1.165) is 27.9 Å². The maximum atomic E-state index is 13.2. The molecule has 36 heavy (non-hydrogen) atoms. The Kier molecular flexibility index (Phi) is 6.12. The van der Waals surface area contributed by atoms with Crippen LogP contribution in [0.15, 0.2) is 42.5 Å². The van der Waals surface area contributed by atoms with Crippen molar-refractivity contribution in [2.45, 2.75) is 31.2 Å². The zero-order chi connectivity index (χ0) is 25.6. The van der Waals surface area contributed by atoms with Gasteiger partial charge in [-0.25, -0.2) is 9.18 Å². The van der Waals surface area contributed by atoms with E-state index in [1.807, 2.05) is 19.2 Å². The second kappa shape index (κ2) is 9.13. The van der Waals surface area contributed by atoms with Crippen molar-refractivity contribution >= 4 is 28.5 Å². The zero-order valence-electron chi connectivity index (χ0n) is 20.8. The quantitative estimate of drug-likeness (QED) is 0.580. The van der Waals surface area contributed by atoms with Gasteiger partial charge < -0.3 is 29.5 Å². The van der Waals surface area contributed by atoms with Gasteiger partial charge in [-0.15, -0.1) is 0 Å². The second-order valence-corrected chi connectivity index (χ2v) is 9.75. The van der Waals surface area contributed by atoms with Crippen LogP contribution in [0.25, 0.3) is 10.9 Å². The third kappa shape index (κ3) is 3.87. The number of anilines is 1. The number of nitrogens with one attached hydrogen (secondary N) is 1. The number of aryl methyl sites for hydroxylation is 1. The number of carbonyl (C=O) groups excluding carboxylic acids is 2. The summed E-state index contributed by atoms with van der Waals surface area (Å²) in [5, 5.41) is 14.3. The molecule has 1 aromatic heterocycles. The number of halogens is 1. The maximum Gasteiger partial charge on any atom is 0.321 e. The highest BCUT2D eigenvalue weighted by Crippen LogP contribution is 2.50. The summed E-state index contributed by atoms with van der Waals surface area (Å²) in [4.78, 5) is 29.2. The first kappa shape index (κ1) is 24.1. The Hall–Kier alpha value is -3.59. The summed E-state index contributed by atoms with van der Waals surface area (Å²) in [5.74, 6) is 0.300. The predicted octanol–water partition coefficient (Wildman–Crippen LogP) is 3.79. The number of likely N-dealkylation sites (tertiary alicyclic amines) is 1. The molecule has 8 nitrogen and oxygen atoms in total. The molecule has 5 rings (SSSR count). The molecule has 3 amide bonds. The molecule has 0 saturated carbocycles. The Morgan fingerprint density at radius 1 is 1.17 bits per heavy atom. The van der Waals surface area contributed by atoms with Crippen LogP contribution in [0, 0.1) is 5.82 Å². The van der Waals surface area contributed by atoms with E-state index in [4.69, 9.17) is 4.74 Å². The number of rotatable bonds is 3. The average Bonchev–Trinajstić information content (AvgIpc) is 3.18. The van der Waals surface area contributed by atoms with Crippen LogP contribution in [0.4, 0.5) is 14.9 Å². The van der Waals surface area contributed by atoms with E-state index in [9.17, 15) is 19.1 Å². The number of urea groups is 1. The lowest BCUT2D eigenvalue weighted by Gasteiger charge is -2.50. The summed E-state index contributed by atoms with van der Waals surface area (Å²) in [6.45, 7) is 2.87. The van der Waals surface area contributed by atoms with E-state index in [1.54, 1.807) is 16.9 Å². The molecule has 0 bridgehead atoms. The van der Waals surface area contributed by atoms with Gasteiger partial charge in [-0.3, -0.25) is 4.79 Å². The van der Waals surface area contributed by atoms with Gasteiger partial charge in [0.15, 0.2) is 0 Å². The summed E-state index contributed by atoms with van der Waals surface area (Å²) in [5.41, 5.74) is 3.26. The second-order valence-electron chi connectivity index (χ2n) is 9.75. The highest BCUT2D eigenvalue weighted by atomic mass is 19.1. The van der Waals surface area contributed by atoms with Gasteiger partial charge in [0.1, 0.15) is 11.6 Å². The van der Waals surface area contributed by atoms with Gasteiger partial charge in [-0.05, 0) is 54.8 Å². The third-order valence-electron chi connectivity index (χ3n) is 7.83. The number of benzene rings is 2. The number of aliphatic hydroxyl groups excluding tert-OH is 1. The standard InChI is InChI=1S/C27H31FN4O4/c1-17(34)32-16-27(10-12-31(13-11-27)26(35)29-19-6-4-18(28)5-7-19)24-21-9-8-20(36-3)14-22(21)30(2)25(24)23(32)15-33/h4-9,14,23,33H,10-13,15-16H2,1-3H3,(H,29,35)/t23-/m0/s1. The summed E-state index contributed by atoms with van der Waals surface area (Å²) in [7, 11) is 3.60. The van der Waals surface area contributed by atoms with Crippen molar-refractivity contribution in [3.05, 3.63) is 59.5 Å². The molecule has 2 aliphatic rings. The lowest BCUT2D eigenvalue weighted by molar-refractivity contribution is -0.135. The number of methoxy groups -OCH3 is 1. The van der Waals surface area contributed by atoms with Crippen molar-refractivity contribution in [2.75, 3.05) is 38.7 Å². The van der Waals surface area contributed by atoms with Crippen molar-refractivity contribution in [1.29, 1.82) is 0 Å². The minimum Gasteiger partial charge on any atom is -0.497 e. The first-order chi connectivity index (χ1) is 17.3. The van der Waals surface area contributed by atoms with Crippen molar-refractivity contribution in [2.24, 2.45) is 7.05 Å². The highest BCUT2D eigenvalue weighted by molar-refractivity contribution is 5.91. The molecular weight excluding hydrogens is 463 g/mol. The number of fused-ring (bicyclic) bond motifs is 4. The van der Waals surface area contributed by atoms with Crippen LogP contribution < -0.4 is 10.1 Å². The number of aromatic nitrogens is 1. The minimum absolute atomic E-state index is 0.0848. The Morgan fingerprint density at radius 3 is 2.47 bits per heavy atom. The Balaban J connectivity index is 1.50. The molecule has 1 spiro atoms. The molecular formula is C27H31FN4O4. The number of amides is 3. The van der Waals surface area contributed by atoms with Gasteiger partial charge >= 0.3 is 6.03 Å². The normalized spacial score (nSPS) is 18.9. The fraction of sp³-hybridized carbons (Fsp3) is 0.407. The van der Waals surface area contributed by atoms with Crippen molar-refractivity contribution in [1.82, 2.24) is 14.4 Å². The molecule has 1 saturated heterocycles. The van der Waals surface area contributed by atoms with E-state index in [-0.39, 0.29) is 29.8 Å². The van der Waals surface area contributed by atoms with Crippen LogP contribution in [-0.4, -0.2) is 64.8 Å². The van der Waals surface area contributed by atoms with Gasteiger partial charge in [0, 0.05) is 61.9 Å². The number of piperidine rings is 1. The number of nitrogens with zero attached hydrogens (tertiary/aromatic N) is 3. The molecule has 1 fully saturated rings. The molecule has 190 valence electrons. The molecule has 0 aliphatic carbocycles. The first-order valence-corrected chi connectivity index (χ1v) is 12.1. The van der Waals surface area contributed by atoms with Gasteiger partial charge in [-0.1, -0.05) is 0 Å². The summed E-state index contributed by atoms with van der Waals surface area (Å²) >= 11 is 0. The zero-order valence-corrected chi connectivity index (χ0v) is 20.8. The van der Waals surface area contributed by atoms with E-state index in [0.29, 0.717) is 38.2 Å². The smallest absolute Gasteiger partial charge is 0.321 e. The molecule has 0 unspecified atom stereocenters. The number of hydrogen-bond acceptors (Lipinski definition) is 4. The SMILES string of the molecule is COc1ccc2c3c(n(C)c2c1)[C@H](CO)N(C(C)=O)CC31CCN(C(=O)Nc2ccc(F)cc2)CC1. The molecule has 2 aliphatic heterocycles. The molecule has 0 radical (unpaired) electrons. The number of carbonyl (C=O) groups is 2. The van der Waals surface area contributed by atoms with Crippen molar-refractivity contribution < 1.29 is 23.8 Å². The average molecular weight is 495 g/mol. The van der Waals surface area contributed by atoms with Gasteiger partial charge in [-0.2, -0.15) is 0 Å². The van der Waals surface area contributed by atoms with Crippen LogP contribution >= 0.6 is 0 Å². The van der Waals surface area contributed by atoms with E-state index in [1.165, 1.54) is 31.2 Å². The molecule has 2 aromatic carbocycles. The number of ether oxygens (including phenoxy) is 1. The summed E-state index contributed by atoms with van der Waals surface area (Å²) in [6, 6.07) is 11.0. The van der Waals surface area contributed by atoms with Crippen LogP contribution in [0.3, 0.4) is 0 Å². The fourth-order valence-electron chi connectivity index (χ4n) is 5.97. The molecule has 3 heterocycles. The minimum atomic E-state index is -0.439. The Bertz CT molecular complexity index is 1310. The number of hydrogen-bond donors (Lipinski definition) is 2. The third-order valence-corrected chi connectivity index (χ3v) is 7.83. The molecule has 2 N–H and O–H groups in total. The van der Waals surface area contributed by atoms with Crippen molar-refractivity contribution in [3.63, 3.8) is 0 Å². The summed E-state index contributed by atoms with van der Waals surface area (Å²) < 4.78 is 20.7. The van der Waals surface area contributed by atoms with E-state index < -0.39 is 6.04 Å². The lowest BCUT2D eigenvalue weighted by atomic mass is 9.68. The topological polar surface area (TPSA) is 87.0 Å². The van der Waals surface area contributed by atoms with Gasteiger partial charge in [0.2, 0.25) is 5.91 Å². The Morgan fingerprint density at radius 2 is 1.86 bits per heavy atom. The van der Waals surface area contributed by atoms with Gasteiger partial charge in [0.05, 0.1) is 25.3 Å². The fourth-order valence-corrected chi connectivity index (χ4v) is 5.97. The van der Waals surface area contributed by atoms with E-state index in [2.05, 4.69) is 16.0 Å². The van der Waals surface area contributed by atoms with Crippen LogP contribution in [0.5, 0.6) is 5.75 Å². The van der Waals surface area contributed by atoms with E-state index >= 15 is 0 Å². The van der Waals surface area contributed by atoms with Crippen LogP contribution in [-0.2, 0) is 17.3 Å². The predicted molar refractivity (Wildman–Crippen MR) is 135 cm³/mol. The number of aliphatic hydroxyl groups is 1. The van der Waals surface area contributed by atoms with Crippen LogP contribution in [0.1, 0.15) is 37.1 Å². The molecule has 3 aromatic rings. The summed E-state index contributed by atoms with van der Waals surface area (Å²) in [6.07, 6.45) is 1.34. The highest BCUT2D eigenvalue weighted by Gasteiger charge is 2.49.